The Labute approximate surface area is 152 Å². The van der Waals surface area contributed by atoms with Crippen molar-refractivity contribution in [1.29, 1.82) is 0 Å². The standard InChI is InChI=1S/C19H23ClN2OS/c1-2-13-22(16-9-11-21-12-10-16)19(23)18-8-7-17(24-18)14-3-5-15(20)6-4-14/h3-8,16,21H,2,9-13H2,1H3. The van der Waals surface area contributed by atoms with Crippen molar-refractivity contribution >= 4 is 28.8 Å². The van der Waals surface area contributed by atoms with Crippen LogP contribution in [0.15, 0.2) is 36.4 Å². The Balaban J connectivity index is 1.78. The molecule has 0 saturated carbocycles. The zero-order valence-corrected chi connectivity index (χ0v) is 15.5. The number of hydrogen-bond acceptors (Lipinski definition) is 3. The van der Waals surface area contributed by atoms with E-state index in [0.29, 0.717) is 6.04 Å². The first-order valence-corrected chi connectivity index (χ1v) is 9.76. The third kappa shape index (κ3) is 4.00. The number of carbonyl (C=O) groups is 1. The van der Waals surface area contributed by atoms with Crippen LogP contribution in [0.1, 0.15) is 35.9 Å². The van der Waals surface area contributed by atoms with Crippen LogP contribution >= 0.6 is 22.9 Å². The third-order valence-corrected chi connectivity index (χ3v) is 5.79. The van der Waals surface area contributed by atoms with Gasteiger partial charge in [0.05, 0.1) is 4.88 Å². The number of halogens is 1. The van der Waals surface area contributed by atoms with E-state index in [1.54, 1.807) is 11.3 Å². The lowest BCUT2D eigenvalue weighted by atomic mass is 10.0. The number of nitrogens with one attached hydrogen (secondary N) is 1. The van der Waals surface area contributed by atoms with E-state index >= 15 is 0 Å². The summed E-state index contributed by atoms with van der Waals surface area (Å²) in [5, 5.41) is 4.10. The number of carbonyl (C=O) groups excluding carboxylic acids is 1. The van der Waals surface area contributed by atoms with Crippen molar-refractivity contribution in [2.75, 3.05) is 19.6 Å². The topological polar surface area (TPSA) is 32.3 Å². The molecular weight excluding hydrogens is 340 g/mol. The normalized spacial score (nSPS) is 15.4. The molecule has 1 aliphatic heterocycles. The largest absolute Gasteiger partial charge is 0.335 e. The Morgan fingerprint density at radius 3 is 2.58 bits per heavy atom. The molecule has 2 aromatic rings. The second-order valence-electron chi connectivity index (χ2n) is 6.15. The van der Waals surface area contributed by atoms with Gasteiger partial charge in [0, 0.05) is 22.5 Å². The molecule has 1 saturated heterocycles. The van der Waals surface area contributed by atoms with Gasteiger partial charge in [-0.3, -0.25) is 4.79 Å². The predicted octanol–water partition coefficient (Wildman–Crippen LogP) is 4.67. The third-order valence-electron chi connectivity index (χ3n) is 4.42. The fourth-order valence-corrected chi connectivity index (χ4v) is 4.27. The molecule has 24 heavy (non-hydrogen) atoms. The van der Waals surface area contributed by atoms with Gasteiger partial charge in [-0.15, -0.1) is 11.3 Å². The van der Waals surface area contributed by atoms with Gasteiger partial charge >= 0.3 is 0 Å². The predicted molar refractivity (Wildman–Crippen MR) is 102 cm³/mol. The summed E-state index contributed by atoms with van der Waals surface area (Å²) >= 11 is 7.52. The van der Waals surface area contributed by atoms with Crippen molar-refractivity contribution in [2.24, 2.45) is 0 Å². The summed E-state index contributed by atoms with van der Waals surface area (Å²) in [4.78, 5) is 17.0. The van der Waals surface area contributed by atoms with Gasteiger partial charge in [0.25, 0.3) is 5.91 Å². The van der Waals surface area contributed by atoms with Crippen LogP contribution in [0.25, 0.3) is 10.4 Å². The first kappa shape index (κ1) is 17.5. The Kier molecular flexibility index (Phi) is 5.93. The second kappa shape index (κ2) is 8.15. The zero-order chi connectivity index (χ0) is 16.9. The van der Waals surface area contributed by atoms with E-state index < -0.39 is 0 Å². The molecule has 0 unspecified atom stereocenters. The smallest absolute Gasteiger partial charge is 0.264 e. The number of hydrogen-bond donors (Lipinski definition) is 1. The van der Waals surface area contributed by atoms with Crippen LogP contribution in [0.4, 0.5) is 0 Å². The molecule has 5 heteroatoms. The highest BCUT2D eigenvalue weighted by molar-refractivity contribution is 7.17. The first-order valence-electron chi connectivity index (χ1n) is 8.56. The van der Waals surface area contributed by atoms with Crippen molar-refractivity contribution < 1.29 is 4.79 Å². The van der Waals surface area contributed by atoms with Crippen LogP contribution in [0, 0.1) is 0 Å². The number of thiophene rings is 1. The Morgan fingerprint density at radius 2 is 1.92 bits per heavy atom. The van der Waals surface area contributed by atoms with Crippen LogP contribution in [-0.4, -0.2) is 36.5 Å². The first-order chi connectivity index (χ1) is 11.7. The summed E-state index contributed by atoms with van der Waals surface area (Å²) in [6.45, 7) is 4.96. The van der Waals surface area contributed by atoms with E-state index in [0.717, 1.165) is 59.2 Å². The van der Waals surface area contributed by atoms with Crippen LogP contribution in [0.3, 0.4) is 0 Å². The highest BCUT2D eigenvalue weighted by Crippen LogP contribution is 2.30. The van der Waals surface area contributed by atoms with Gasteiger partial charge in [0.15, 0.2) is 0 Å². The fourth-order valence-electron chi connectivity index (χ4n) is 3.17. The molecule has 128 valence electrons. The fraction of sp³-hybridized carbons (Fsp3) is 0.421. The molecule has 0 aliphatic carbocycles. The highest BCUT2D eigenvalue weighted by atomic mass is 35.5. The lowest BCUT2D eigenvalue weighted by Gasteiger charge is -2.34. The number of benzene rings is 1. The van der Waals surface area contributed by atoms with Crippen molar-refractivity contribution in [3.05, 3.63) is 46.3 Å². The minimum absolute atomic E-state index is 0.175. The van der Waals surface area contributed by atoms with Gasteiger partial charge in [0.1, 0.15) is 0 Å². The van der Waals surface area contributed by atoms with E-state index in [4.69, 9.17) is 11.6 Å². The number of amides is 1. The quantitative estimate of drug-likeness (QED) is 0.838. The molecule has 0 spiro atoms. The maximum Gasteiger partial charge on any atom is 0.264 e. The molecule has 3 nitrogen and oxygen atoms in total. The van der Waals surface area contributed by atoms with E-state index in [1.807, 2.05) is 36.4 Å². The van der Waals surface area contributed by atoms with Crippen molar-refractivity contribution in [3.8, 4) is 10.4 Å². The van der Waals surface area contributed by atoms with Crippen molar-refractivity contribution in [1.82, 2.24) is 10.2 Å². The molecule has 1 amide bonds. The van der Waals surface area contributed by atoms with Crippen molar-refractivity contribution in [2.45, 2.75) is 32.2 Å². The molecule has 1 N–H and O–H groups in total. The second-order valence-corrected chi connectivity index (χ2v) is 7.67. The average molecular weight is 363 g/mol. The molecular formula is C19H23ClN2OS. The monoisotopic (exact) mass is 362 g/mol. The molecule has 1 aromatic carbocycles. The molecule has 1 aromatic heterocycles. The molecule has 1 aliphatic rings. The Bertz CT molecular complexity index is 677. The van der Waals surface area contributed by atoms with Gasteiger partial charge in [-0.05, 0) is 62.2 Å². The average Bonchev–Trinajstić information content (AvgIpc) is 3.10. The lowest BCUT2D eigenvalue weighted by Crippen LogP contribution is -2.46. The summed E-state index contributed by atoms with van der Waals surface area (Å²) in [5.41, 5.74) is 1.10. The Hall–Kier alpha value is -1.36. The molecule has 0 bridgehead atoms. The zero-order valence-electron chi connectivity index (χ0n) is 13.9. The molecule has 2 heterocycles. The van der Waals surface area contributed by atoms with Gasteiger partial charge in [-0.1, -0.05) is 30.7 Å². The number of nitrogens with zero attached hydrogens (tertiary/aromatic N) is 1. The van der Waals surface area contributed by atoms with Crippen LogP contribution < -0.4 is 5.32 Å². The van der Waals surface area contributed by atoms with Gasteiger partial charge in [-0.2, -0.15) is 0 Å². The molecule has 1 fully saturated rings. The maximum absolute atomic E-state index is 13.0. The summed E-state index contributed by atoms with van der Waals surface area (Å²) in [7, 11) is 0. The van der Waals surface area contributed by atoms with Crippen LogP contribution in [0.2, 0.25) is 5.02 Å². The minimum Gasteiger partial charge on any atom is -0.335 e. The minimum atomic E-state index is 0.175. The van der Waals surface area contributed by atoms with E-state index in [2.05, 4.69) is 17.1 Å². The Morgan fingerprint density at radius 1 is 1.21 bits per heavy atom. The SMILES string of the molecule is CCCN(C(=O)c1ccc(-c2ccc(Cl)cc2)s1)C1CCNCC1. The molecule has 0 radical (unpaired) electrons. The lowest BCUT2D eigenvalue weighted by molar-refractivity contribution is 0.0647. The molecule has 0 atom stereocenters. The van der Waals surface area contributed by atoms with E-state index in [-0.39, 0.29) is 5.91 Å². The summed E-state index contributed by atoms with van der Waals surface area (Å²) in [5.74, 6) is 0.175. The highest BCUT2D eigenvalue weighted by Gasteiger charge is 2.26. The van der Waals surface area contributed by atoms with Crippen LogP contribution in [0.5, 0.6) is 0 Å². The number of rotatable bonds is 5. The maximum atomic E-state index is 13.0. The van der Waals surface area contributed by atoms with E-state index in [1.165, 1.54) is 0 Å². The molecule has 3 rings (SSSR count). The summed E-state index contributed by atoms with van der Waals surface area (Å²) in [6.07, 6.45) is 3.08. The van der Waals surface area contributed by atoms with Crippen LogP contribution in [-0.2, 0) is 0 Å². The summed E-state index contributed by atoms with van der Waals surface area (Å²) in [6, 6.07) is 12.1. The summed E-state index contributed by atoms with van der Waals surface area (Å²) < 4.78 is 0. The van der Waals surface area contributed by atoms with Gasteiger partial charge in [-0.25, -0.2) is 0 Å². The van der Waals surface area contributed by atoms with E-state index in [9.17, 15) is 4.79 Å². The number of piperidine rings is 1. The van der Waals surface area contributed by atoms with Gasteiger partial charge < -0.3 is 10.2 Å². The van der Waals surface area contributed by atoms with Gasteiger partial charge in [0.2, 0.25) is 0 Å². The van der Waals surface area contributed by atoms with Crippen molar-refractivity contribution in [3.63, 3.8) is 0 Å².